The first-order chi connectivity index (χ1) is 7.30. The molecule has 0 spiro atoms. The van der Waals surface area contributed by atoms with Gasteiger partial charge in [-0.15, -0.1) is 0 Å². The molecule has 82 valence electrons. The second-order valence-corrected chi connectivity index (χ2v) is 4.99. The van der Waals surface area contributed by atoms with Crippen molar-refractivity contribution in [1.82, 2.24) is 0 Å². The van der Waals surface area contributed by atoms with Crippen LogP contribution in [0.2, 0.25) is 0 Å². The summed E-state index contributed by atoms with van der Waals surface area (Å²) in [5.74, 6) is 0. The minimum absolute atomic E-state index is 1.32. The van der Waals surface area contributed by atoms with E-state index in [2.05, 4.69) is 36.4 Å². The fourth-order valence-corrected chi connectivity index (χ4v) is 1.82. The van der Waals surface area contributed by atoms with Crippen molar-refractivity contribution < 1.29 is 13.3 Å². The molecule has 0 aliphatic heterocycles. The minimum Gasteiger partial charge on any atom is -0.379 e. The third kappa shape index (κ3) is 3.97. The van der Waals surface area contributed by atoms with Crippen LogP contribution in [-0.2, 0) is 13.3 Å². The van der Waals surface area contributed by atoms with Gasteiger partial charge in [0, 0.05) is 21.3 Å². The summed E-state index contributed by atoms with van der Waals surface area (Å²) in [5.41, 5.74) is 2.64. The molecule has 3 nitrogen and oxygen atoms in total. The van der Waals surface area contributed by atoms with Crippen LogP contribution in [0.4, 0.5) is 0 Å². The molecule has 1 aliphatic carbocycles. The first-order valence-corrected chi connectivity index (χ1v) is 6.08. The van der Waals surface area contributed by atoms with Crippen LogP contribution in [0.5, 0.6) is 0 Å². The third-order valence-corrected chi connectivity index (χ3v) is 3.11. The van der Waals surface area contributed by atoms with E-state index >= 15 is 0 Å². The molecule has 0 amide bonds. The Kier molecular flexibility index (Phi) is 5.27. The number of hydrogen-bond donors (Lipinski definition) is 0. The van der Waals surface area contributed by atoms with Gasteiger partial charge in [0.2, 0.25) is 0 Å². The van der Waals surface area contributed by atoms with Crippen molar-refractivity contribution in [2.75, 3.05) is 21.3 Å². The topological polar surface area (TPSA) is 27.7 Å². The zero-order chi connectivity index (χ0) is 11.1. The van der Waals surface area contributed by atoms with Crippen LogP contribution in [0.3, 0.4) is 0 Å². The van der Waals surface area contributed by atoms with Gasteiger partial charge < -0.3 is 13.3 Å². The maximum absolute atomic E-state index is 4.74. The Labute approximate surface area is 92.3 Å². The summed E-state index contributed by atoms with van der Waals surface area (Å²) in [4.78, 5) is 0. The molecule has 0 aromatic heterocycles. The van der Waals surface area contributed by atoms with Crippen molar-refractivity contribution in [3.8, 4) is 0 Å². The molecule has 0 unspecified atom stereocenters. The summed E-state index contributed by atoms with van der Waals surface area (Å²) in [6.07, 6.45) is 4.24. The van der Waals surface area contributed by atoms with Crippen LogP contribution < -0.4 is 0 Å². The van der Waals surface area contributed by atoms with Crippen molar-refractivity contribution in [1.29, 1.82) is 0 Å². The highest BCUT2D eigenvalue weighted by atomic mass is 28.3. The van der Waals surface area contributed by atoms with Crippen molar-refractivity contribution in [3.63, 3.8) is 0 Å². The molecule has 1 aromatic rings. The zero-order valence-corrected chi connectivity index (χ0v) is 10.4. The highest BCUT2D eigenvalue weighted by Crippen LogP contribution is 2.16. The largest absolute Gasteiger partial charge is 0.483 e. The van der Waals surface area contributed by atoms with Gasteiger partial charge in [-0.3, -0.25) is 0 Å². The molecule has 15 heavy (non-hydrogen) atoms. The zero-order valence-electron chi connectivity index (χ0n) is 9.27. The minimum atomic E-state index is -1.67. The second kappa shape index (κ2) is 6.52. The van der Waals surface area contributed by atoms with Gasteiger partial charge in [-0.1, -0.05) is 30.4 Å². The lowest BCUT2D eigenvalue weighted by Crippen LogP contribution is -2.21. The summed E-state index contributed by atoms with van der Waals surface area (Å²) in [6, 6.07) is 8.45. The quantitative estimate of drug-likeness (QED) is 0.744. The maximum Gasteiger partial charge on any atom is 0.483 e. The molecule has 0 heterocycles. The van der Waals surface area contributed by atoms with E-state index < -0.39 is 9.53 Å². The Morgan fingerprint density at radius 3 is 1.60 bits per heavy atom. The van der Waals surface area contributed by atoms with Gasteiger partial charge in [0.05, 0.1) is 0 Å². The summed E-state index contributed by atoms with van der Waals surface area (Å²) in [5, 5.41) is 0. The van der Waals surface area contributed by atoms with E-state index in [1.54, 1.807) is 21.3 Å². The maximum atomic E-state index is 4.74. The highest BCUT2D eigenvalue weighted by Gasteiger charge is 2.04. The molecule has 2 rings (SSSR count). The lowest BCUT2D eigenvalue weighted by atomic mass is 10.2. The van der Waals surface area contributed by atoms with Gasteiger partial charge in [-0.25, -0.2) is 0 Å². The standard InChI is InChI=1S/C8H6.C3H10O3Si/c1-2-7-4-5-8(3-1)6-7;1-4-7(5-2)6-3/h1-6H;7H,1-3H3. The van der Waals surface area contributed by atoms with Crippen LogP contribution >= 0.6 is 0 Å². The number of benzene rings is 1. The van der Waals surface area contributed by atoms with Gasteiger partial charge >= 0.3 is 9.53 Å². The number of fused-ring (bicyclic) bond motifs is 2. The van der Waals surface area contributed by atoms with Crippen molar-refractivity contribution in [2.45, 2.75) is 0 Å². The normalized spacial score (nSPS) is 11.5. The van der Waals surface area contributed by atoms with E-state index in [4.69, 9.17) is 13.3 Å². The first kappa shape index (κ1) is 12.1. The molecule has 1 aromatic carbocycles. The molecule has 2 bridgehead atoms. The molecule has 0 saturated heterocycles. The van der Waals surface area contributed by atoms with Crippen LogP contribution in [-0.4, -0.2) is 30.9 Å². The Morgan fingerprint density at radius 1 is 0.867 bits per heavy atom. The molecule has 0 radical (unpaired) electrons. The molecule has 4 heteroatoms. The highest BCUT2D eigenvalue weighted by molar-refractivity contribution is 6.36. The molecule has 0 N–H and O–H groups in total. The van der Waals surface area contributed by atoms with Crippen LogP contribution in [0, 0.1) is 0 Å². The second-order valence-electron chi connectivity index (χ2n) is 3.00. The lowest BCUT2D eigenvalue weighted by molar-refractivity contribution is 0.163. The summed E-state index contributed by atoms with van der Waals surface area (Å²) in [6.45, 7) is 0. The monoisotopic (exact) mass is 224 g/mol. The average molecular weight is 224 g/mol. The molecular weight excluding hydrogens is 208 g/mol. The van der Waals surface area contributed by atoms with Gasteiger partial charge in [0.25, 0.3) is 0 Å². The van der Waals surface area contributed by atoms with Crippen LogP contribution in [0.15, 0.2) is 24.3 Å². The van der Waals surface area contributed by atoms with Gasteiger partial charge in [-0.2, -0.15) is 0 Å². The molecule has 0 fully saturated rings. The molecule has 1 aliphatic rings. The fourth-order valence-electron chi connectivity index (χ4n) is 1.25. The van der Waals surface area contributed by atoms with E-state index in [1.165, 1.54) is 11.1 Å². The summed E-state index contributed by atoms with van der Waals surface area (Å²) < 4.78 is 14.2. The van der Waals surface area contributed by atoms with Gasteiger partial charge in [0.15, 0.2) is 0 Å². The van der Waals surface area contributed by atoms with E-state index in [-0.39, 0.29) is 0 Å². The predicted molar refractivity (Wildman–Crippen MR) is 63.5 cm³/mol. The molecular formula is C11H16O3Si. The van der Waals surface area contributed by atoms with E-state index in [1.807, 2.05) is 0 Å². The fraction of sp³-hybridized carbons (Fsp3) is 0.273. The average Bonchev–Trinajstić information content (AvgIpc) is 2.61. The predicted octanol–water partition coefficient (Wildman–Crippen LogP) is 1.81. The first-order valence-electron chi connectivity index (χ1n) is 4.66. The van der Waals surface area contributed by atoms with Crippen molar-refractivity contribution >= 4 is 21.7 Å². The Bertz CT molecular complexity index is 295. The Morgan fingerprint density at radius 2 is 1.33 bits per heavy atom. The summed E-state index contributed by atoms with van der Waals surface area (Å²) in [7, 11) is 3.05. The van der Waals surface area contributed by atoms with Crippen molar-refractivity contribution in [3.05, 3.63) is 35.4 Å². The summed E-state index contributed by atoms with van der Waals surface area (Å²) >= 11 is 0. The smallest absolute Gasteiger partial charge is 0.379 e. The number of rotatable bonds is 3. The van der Waals surface area contributed by atoms with E-state index in [0.29, 0.717) is 0 Å². The van der Waals surface area contributed by atoms with Gasteiger partial charge in [0.1, 0.15) is 0 Å². The van der Waals surface area contributed by atoms with E-state index in [0.717, 1.165) is 0 Å². The molecule has 0 atom stereocenters. The Hall–Kier alpha value is -0.943. The van der Waals surface area contributed by atoms with Crippen molar-refractivity contribution in [2.24, 2.45) is 0 Å². The third-order valence-electron chi connectivity index (χ3n) is 1.96. The number of hydrogen-bond acceptors (Lipinski definition) is 3. The SMILES string of the molecule is C1=Cc2cccc1c2.CO[SiH](OC)OC. The Balaban J connectivity index is 0.000000153. The van der Waals surface area contributed by atoms with Crippen LogP contribution in [0.1, 0.15) is 11.1 Å². The molecule has 0 saturated carbocycles. The van der Waals surface area contributed by atoms with E-state index in [9.17, 15) is 0 Å². The van der Waals surface area contributed by atoms with Crippen LogP contribution in [0.25, 0.3) is 12.2 Å². The van der Waals surface area contributed by atoms with Gasteiger partial charge in [-0.05, 0) is 17.2 Å². The lowest BCUT2D eigenvalue weighted by Gasteiger charge is -2.05.